The molecule has 0 aliphatic rings. The summed E-state index contributed by atoms with van der Waals surface area (Å²) in [5, 5.41) is 3.28. The second-order valence-electron chi connectivity index (χ2n) is 5.20. The van der Waals surface area contributed by atoms with Gasteiger partial charge in [-0.15, -0.1) is 0 Å². The van der Waals surface area contributed by atoms with E-state index in [1.54, 1.807) is 0 Å². The van der Waals surface area contributed by atoms with Crippen LogP contribution in [-0.2, 0) is 0 Å². The van der Waals surface area contributed by atoms with Gasteiger partial charge in [-0.2, -0.15) is 0 Å². The van der Waals surface area contributed by atoms with Crippen LogP contribution in [0.3, 0.4) is 0 Å². The van der Waals surface area contributed by atoms with Gasteiger partial charge in [0.15, 0.2) is 0 Å². The minimum Gasteiger partial charge on any atom is -0.388 e. The average molecular weight is 219 g/mol. The molecule has 90 valence electrons. The molecule has 0 amide bonds. The van der Waals surface area contributed by atoms with Crippen molar-refractivity contribution in [2.75, 3.05) is 12.4 Å². The summed E-state index contributed by atoms with van der Waals surface area (Å²) in [4.78, 5) is 0. The van der Waals surface area contributed by atoms with Gasteiger partial charge in [-0.05, 0) is 35.8 Å². The molecule has 1 N–H and O–H groups in total. The first-order valence-corrected chi connectivity index (χ1v) is 6.33. The van der Waals surface area contributed by atoms with Gasteiger partial charge < -0.3 is 5.32 Å². The van der Waals surface area contributed by atoms with Crippen molar-refractivity contribution in [3.05, 3.63) is 29.8 Å². The highest BCUT2D eigenvalue weighted by atomic mass is 14.8. The van der Waals surface area contributed by atoms with E-state index < -0.39 is 0 Å². The Bertz CT molecular complexity index is 317. The van der Waals surface area contributed by atoms with E-state index >= 15 is 0 Å². The summed E-state index contributed by atoms with van der Waals surface area (Å²) in [6.07, 6.45) is 1.26. The predicted molar refractivity (Wildman–Crippen MR) is 73.0 cm³/mol. The maximum atomic E-state index is 3.28. The summed E-state index contributed by atoms with van der Waals surface area (Å²) in [6, 6.07) is 8.62. The average Bonchev–Trinajstić information content (AvgIpc) is 2.28. The van der Waals surface area contributed by atoms with E-state index in [9.17, 15) is 0 Å². The molecule has 0 heterocycles. The highest BCUT2D eigenvalue weighted by Gasteiger charge is 2.15. The molecule has 1 aromatic rings. The number of hydrogen-bond acceptors (Lipinski definition) is 1. The molecule has 2 atom stereocenters. The van der Waals surface area contributed by atoms with Gasteiger partial charge in [0, 0.05) is 12.7 Å². The first-order valence-electron chi connectivity index (χ1n) is 6.33. The summed E-state index contributed by atoms with van der Waals surface area (Å²) >= 11 is 0. The number of para-hydroxylation sites is 1. The third kappa shape index (κ3) is 3.26. The van der Waals surface area contributed by atoms with Gasteiger partial charge in [0.05, 0.1) is 0 Å². The number of benzene rings is 1. The molecule has 1 heteroatoms. The molecule has 0 radical (unpaired) electrons. The molecule has 0 bridgehead atoms. The normalized spacial score (nSPS) is 14.9. The van der Waals surface area contributed by atoms with Crippen molar-refractivity contribution in [2.24, 2.45) is 11.8 Å². The lowest BCUT2D eigenvalue weighted by Gasteiger charge is -2.22. The van der Waals surface area contributed by atoms with E-state index in [0.29, 0.717) is 5.92 Å². The van der Waals surface area contributed by atoms with Crippen LogP contribution in [0.5, 0.6) is 0 Å². The topological polar surface area (TPSA) is 12.0 Å². The lowest BCUT2D eigenvalue weighted by molar-refractivity contribution is 0.369. The maximum absolute atomic E-state index is 3.28. The van der Waals surface area contributed by atoms with E-state index in [1.807, 2.05) is 7.05 Å². The zero-order chi connectivity index (χ0) is 12.1. The first kappa shape index (κ1) is 13.1. The first-order chi connectivity index (χ1) is 7.56. The fraction of sp³-hybridized carbons (Fsp3) is 0.600. The SMILES string of the molecule is CNc1ccccc1C(C)CC(C)C(C)C. The molecule has 2 unspecified atom stereocenters. The number of hydrogen-bond donors (Lipinski definition) is 1. The van der Waals surface area contributed by atoms with Crippen molar-refractivity contribution in [3.63, 3.8) is 0 Å². The van der Waals surface area contributed by atoms with Crippen LogP contribution in [0.4, 0.5) is 5.69 Å². The largest absolute Gasteiger partial charge is 0.388 e. The molecule has 0 aliphatic heterocycles. The summed E-state index contributed by atoms with van der Waals surface area (Å²) in [5.41, 5.74) is 2.71. The molecular formula is C15H25N. The summed E-state index contributed by atoms with van der Waals surface area (Å²) in [6.45, 7) is 9.29. The van der Waals surface area contributed by atoms with E-state index in [2.05, 4.69) is 57.3 Å². The highest BCUT2D eigenvalue weighted by Crippen LogP contribution is 2.31. The molecule has 0 spiro atoms. The molecule has 0 aromatic heterocycles. The Labute approximate surface area is 100 Å². The van der Waals surface area contributed by atoms with Gasteiger partial charge >= 0.3 is 0 Å². The number of anilines is 1. The molecule has 16 heavy (non-hydrogen) atoms. The second kappa shape index (κ2) is 5.93. The Hall–Kier alpha value is -0.980. The van der Waals surface area contributed by atoms with Crippen LogP contribution in [0.25, 0.3) is 0 Å². The van der Waals surface area contributed by atoms with Crippen LogP contribution in [-0.4, -0.2) is 7.05 Å². The molecule has 0 fully saturated rings. The van der Waals surface area contributed by atoms with E-state index in [-0.39, 0.29) is 0 Å². The van der Waals surface area contributed by atoms with Crippen molar-refractivity contribution in [3.8, 4) is 0 Å². The fourth-order valence-electron chi connectivity index (χ4n) is 2.11. The molecule has 1 rings (SSSR count). The minimum absolute atomic E-state index is 0.626. The third-order valence-corrected chi connectivity index (χ3v) is 3.62. The predicted octanol–water partition coefficient (Wildman–Crippen LogP) is 4.51. The van der Waals surface area contributed by atoms with Crippen molar-refractivity contribution in [1.29, 1.82) is 0 Å². The van der Waals surface area contributed by atoms with Crippen molar-refractivity contribution in [1.82, 2.24) is 0 Å². The summed E-state index contributed by atoms with van der Waals surface area (Å²) < 4.78 is 0. The summed E-state index contributed by atoms with van der Waals surface area (Å²) in [7, 11) is 2.00. The molecule has 0 saturated carbocycles. The zero-order valence-electron chi connectivity index (χ0n) is 11.2. The monoisotopic (exact) mass is 219 g/mol. The van der Waals surface area contributed by atoms with Crippen molar-refractivity contribution >= 4 is 5.69 Å². The molecular weight excluding hydrogens is 194 g/mol. The Morgan fingerprint density at radius 2 is 1.69 bits per heavy atom. The Morgan fingerprint density at radius 3 is 2.25 bits per heavy atom. The molecule has 1 nitrogen and oxygen atoms in total. The zero-order valence-corrected chi connectivity index (χ0v) is 11.2. The van der Waals surface area contributed by atoms with Gasteiger partial charge in [-0.3, -0.25) is 0 Å². The van der Waals surface area contributed by atoms with Crippen LogP contribution in [0.2, 0.25) is 0 Å². The minimum atomic E-state index is 0.626. The Kier molecular flexibility index (Phi) is 4.85. The van der Waals surface area contributed by atoms with Gasteiger partial charge in [0.1, 0.15) is 0 Å². The van der Waals surface area contributed by atoms with Crippen LogP contribution >= 0.6 is 0 Å². The quantitative estimate of drug-likeness (QED) is 0.768. The number of rotatable bonds is 5. The molecule has 0 saturated heterocycles. The van der Waals surface area contributed by atoms with Gasteiger partial charge in [-0.25, -0.2) is 0 Å². The van der Waals surface area contributed by atoms with Gasteiger partial charge in [0.2, 0.25) is 0 Å². The maximum Gasteiger partial charge on any atom is 0.0372 e. The van der Waals surface area contributed by atoms with Crippen LogP contribution in [0, 0.1) is 11.8 Å². The second-order valence-corrected chi connectivity index (χ2v) is 5.20. The van der Waals surface area contributed by atoms with E-state index in [4.69, 9.17) is 0 Å². The molecule has 1 aromatic carbocycles. The third-order valence-electron chi connectivity index (χ3n) is 3.62. The Morgan fingerprint density at radius 1 is 1.06 bits per heavy atom. The van der Waals surface area contributed by atoms with Gasteiger partial charge in [-0.1, -0.05) is 45.9 Å². The summed E-state index contributed by atoms with van der Waals surface area (Å²) in [5.74, 6) is 2.17. The lowest BCUT2D eigenvalue weighted by atomic mass is 9.85. The fourth-order valence-corrected chi connectivity index (χ4v) is 2.11. The van der Waals surface area contributed by atoms with E-state index in [1.165, 1.54) is 17.7 Å². The molecule has 0 aliphatic carbocycles. The van der Waals surface area contributed by atoms with Crippen LogP contribution < -0.4 is 5.32 Å². The lowest BCUT2D eigenvalue weighted by Crippen LogP contribution is -2.09. The number of nitrogens with one attached hydrogen (secondary N) is 1. The van der Waals surface area contributed by atoms with Crippen LogP contribution in [0.15, 0.2) is 24.3 Å². The Balaban J connectivity index is 2.76. The smallest absolute Gasteiger partial charge is 0.0372 e. The van der Waals surface area contributed by atoms with E-state index in [0.717, 1.165) is 11.8 Å². The highest BCUT2D eigenvalue weighted by molar-refractivity contribution is 5.52. The standard InChI is InChI=1S/C15H25N/c1-11(2)12(3)10-13(4)14-8-6-7-9-15(14)16-5/h6-9,11-13,16H,10H2,1-5H3. The van der Waals surface area contributed by atoms with Crippen molar-refractivity contribution in [2.45, 2.75) is 40.0 Å². The van der Waals surface area contributed by atoms with Gasteiger partial charge in [0.25, 0.3) is 0 Å². The van der Waals surface area contributed by atoms with Crippen LogP contribution in [0.1, 0.15) is 45.6 Å². The van der Waals surface area contributed by atoms with Crippen molar-refractivity contribution < 1.29 is 0 Å².